The first kappa shape index (κ1) is 18.4. The summed E-state index contributed by atoms with van der Waals surface area (Å²) in [6.45, 7) is 7.24. The summed E-state index contributed by atoms with van der Waals surface area (Å²) in [4.78, 5) is 13.6. The minimum Gasteiger partial charge on any atom is -0.508 e. The summed E-state index contributed by atoms with van der Waals surface area (Å²) in [5, 5.41) is 9.48. The number of nitrogens with zero attached hydrogens (tertiary/aromatic N) is 1. The van der Waals surface area contributed by atoms with E-state index in [1.807, 2.05) is 6.92 Å². The van der Waals surface area contributed by atoms with E-state index in [-0.39, 0.29) is 5.75 Å². The van der Waals surface area contributed by atoms with Crippen molar-refractivity contribution in [3.63, 3.8) is 0 Å². The van der Waals surface area contributed by atoms with Crippen LogP contribution < -0.4 is 15.4 Å². The number of nitrogens with two attached hydrogens (primary N) is 1. The molecule has 0 aliphatic heterocycles. The number of benzene rings is 2. The van der Waals surface area contributed by atoms with Crippen LogP contribution in [-0.4, -0.2) is 23.8 Å². The van der Waals surface area contributed by atoms with Gasteiger partial charge in [-0.3, -0.25) is 4.90 Å². The quantitative estimate of drug-likeness (QED) is 0.804. The van der Waals surface area contributed by atoms with Gasteiger partial charge in [-0.15, -0.1) is 0 Å². The highest BCUT2D eigenvalue weighted by atomic mass is 16.6. The molecule has 0 spiro atoms. The average Bonchev–Trinajstić information content (AvgIpc) is 2.49. The summed E-state index contributed by atoms with van der Waals surface area (Å²) in [6, 6.07) is 9.90. The van der Waals surface area contributed by atoms with Crippen LogP contribution in [0.15, 0.2) is 36.4 Å². The number of ether oxygens (including phenoxy) is 2. The summed E-state index contributed by atoms with van der Waals surface area (Å²) < 4.78 is 11.2. The van der Waals surface area contributed by atoms with Gasteiger partial charge in [0.1, 0.15) is 22.8 Å². The number of anilines is 2. The van der Waals surface area contributed by atoms with Crippen molar-refractivity contribution >= 4 is 17.5 Å². The number of nitrogen functional groups attached to an aromatic ring is 1. The molecule has 1 amide bonds. The molecule has 2 aromatic rings. The minimum absolute atomic E-state index is 0.174. The lowest BCUT2D eigenvalue weighted by molar-refractivity contribution is 0.0589. The highest BCUT2D eigenvalue weighted by Gasteiger charge is 2.22. The number of aryl methyl sites for hydroxylation is 1. The summed E-state index contributed by atoms with van der Waals surface area (Å²) in [6.07, 6.45) is -0.503. The van der Waals surface area contributed by atoms with Gasteiger partial charge in [-0.2, -0.15) is 0 Å². The predicted octanol–water partition coefficient (Wildman–Crippen LogP) is 4.45. The Kier molecular flexibility index (Phi) is 5.11. The van der Waals surface area contributed by atoms with Gasteiger partial charge in [-0.1, -0.05) is 0 Å². The van der Waals surface area contributed by atoms with Gasteiger partial charge in [0.25, 0.3) is 0 Å². The number of hydrogen-bond donors (Lipinski definition) is 2. The molecule has 0 saturated heterocycles. The third kappa shape index (κ3) is 4.79. The second-order valence-corrected chi connectivity index (χ2v) is 6.81. The zero-order valence-corrected chi connectivity index (χ0v) is 15.2. The lowest BCUT2D eigenvalue weighted by atomic mass is 10.2. The van der Waals surface area contributed by atoms with Gasteiger partial charge >= 0.3 is 6.09 Å². The van der Waals surface area contributed by atoms with Crippen molar-refractivity contribution < 1.29 is 19.4 Å². The van der Waals surface area contributed by atoms with Gasteiger partial charge in [-0.05, 0) is 63.6 Å². The standard InChI is InChI=1S/C19H24N2O4/c1-12-10-13(22)6-9-17(12)24-14-7-8-15(20)16(11-14)21(5)18(23)25-19(2,3)4/h6-11,22H,20H2,1-5H3. The number of carbonyl (C=O) groups excluding carboxylic acids is 1. The topological polar surface area (TPSA) is 85.0 Å². The summed E-state index contributed by atoms with van der Waals surface area (Å²) >= 11 is 0. The minimum atomic E-state index is -0.600. The molecule has 0 aromatic heterocycles. The van der Waals surface area contributed by atoms with E-state index in [4.69, 9.17) is 15.2 Å². The molecule has 0 unspecified atom stereocenters. The first-order valence-electron chi connectivity index (χ1n) is 7.90. The molecule has 0 atom stereocenters. The van der Waals surface area contributed by atoms with E-state index in [0.717, 1.165) is 5.56 Å². The summed E-state index contributed by atoms with van der Waals surface area (Å²) in [7, 11) is 1.59. The highest BCUT2D eigenvalue weighted by Crippen LogP contribution is 2.33. The van der Waals surface area contributed by atoms with Crippen LogP contribution in [0.1, 0.15) is 26.3 Å². The smallest absolute Gasteiger partial charge is 0.414 e. The van der Waals surface area contributed by atoms with E-state index in [1.165, 1.54) is 4.90 Å². The molecule has 2 aromatic carbocycles. The largest absolute Gasteiger partial charge is 0.508 e. The third-order valence-corrected chi connectivity index (χ3v) is 3.42. The fourth-order valence-corrected chi connectivity index (χ4v) is 2.18. The van der Waals surface area contributed by atoms with E-state index >= 15 is 0 Å². The van der Waals surface area contributed by atoms with E-state index in [1.54, 1.807) is 64.2 Å². The van der Waals surface area contributed by atoms with Gasteiger partial charge in [0, 0.05) is 13.1 Å². The van der Waals surface area contributed by atoms with Crippen LogP contribution in [0, 0.1) is 6.92 Å². The van der Waals surface area contributed by atoms with Crippen LogP contribution >= 0.6 is 0 Å². The number of rotatable bonds is 3. The maximum Gasteiger partial charge on any atom is 0.414 e. The van der Waals surface area contributed by atoms with Crippen molar-refractivity contribution in [2.45, 2.75) is 33.3 Å². The maximum atomic E-state index is 12.3. The Balaban J connectivity index is 2.26. The second kappa shape index (κ2) is 6.93. The van der Waals surface area contributed by atoms with Crippen molar-refractivity contribution in [3.8, 4) is 17.2 Å². The van der Waals surface area contributed by atoms with Crippen molar-refractivity contribution in [3.05, 3.63) is 42.0 Å². The number of amides is 1. The van der Waals surface area contributed by atoms with Crippen molar-refractivity contribution in [1.82, 2.24) is 0 Å². The molecular formula is C19H24N2O4. The molecular weight excluding hydrogens is 320 g/mol. The van der Waals surface area contributed by atoms with Gasteiger partial charge in [0.2, 0.25) is 0 Å². The predicted molar refractivity (Wildman–Crippen MR) is 98.4 cm³/mol. The molecule has 0 heterocycles. The summed E-state index contributed by atoms with van der Waals surface area (Å²) in [5.74, 6) is 1.30. The van der Waals surface area contributed by atoms with Crippen LogP contribution in [0.2, 0.25) is 0 Å². The molecule has 2 rings (SSSR count). The highest BCUT2D eigenvalue weighted by molar-refractivity contribution is 5.91. The SMILES string of the molecule is Cc1cc(O)ccc1Oc1ccc(N)c(N(C)C(=O)OC(C)(C)C)c1. The molecule has 0 aliphatic carbocycles. The first-order chi connectivity index (χ1) is 11.6. The van der Waals surface area contributed by atoms with Crippen LogP contribution in [0.25, 0.3) is 0 Å². The summed E-state index contributed by atoms with van der Waals surface area (Å²) in [5.41, 5.74) is 7.11. The third-order valence-electron chi connectivity index (χ3n) is 3.42. The average molecular weight is 344 g/mol. The van der Waals surface area contributed by atoms with Gasteiger partial charge in [0.05, 0.1) is 11.4 Å². The van der Waals surface area contributed by atoms with E-state index in [9.17, 15) is 9.90 Å². The molecule has 0 fully saturated rings. The number of hydrogen-bond acceptors (Lipinski definition) is 5. The fraction of sp³-hybridized carbons (Fsp3) is 0.316. The van der Waals surface area contributed by atoms with E-state index < -0.39 is 11.7 Å². The molecule has 134 valence electrons. The zero-order chi connectivity index (χ0) is 18.8. The number of phenols is 1. The molecule has 6 heteroatoms. The van der Waals surface area contributed by atoms with Crippen LogP contribution in [0.5, 0.6) is 17.2 Å². The van der Waals surface area contributed by atoms with Gasteiger partial charge in [-0.25, -0.2) is 4.79 Å². The van der Waals surface area contributed by atoms with E-state index in [0.29, 0.717) is 22.9 Å². The molecule has 0 saturated carbocycles. The number of aromatic hydroxyl groups is 1. The molecule has 0 aliphatic rings. The Bertz CT molecular complexity index is 781. The van der Waals surface area contributed by atoms with Crippen molar-refractivity contribution in [1.29, 1.82) is 0 Å². The first-order valence-corrected chi connectivity index (χ1v) is 7.90. The Morgan fingerprint density at radius 2 is 1.84 bits per heavy atom. The lowest BCUT2D eigenvalue weighted by Gasteiger charge is -2.25. The van der Waals surface area contributed by atoms with Crippen LogP contribution in [0.3, 0.4) is 0 Å². The molecule has 25 heavy (non-hydrogen) atoms. The maximum absolute atomic E-state index is 12.3. The van der Waals surface area contributed by atoms with Gasteiger partial charge < -0.3 is 20.3 Å². The van der Waals surface area contributed by atoms with Crippen LogP contribution in [0.4, 0.5) is 16.2 Å². The van der Waals surface area contributed by atoms with E-state index in [2.05, 4.69) is 0 Å². The molecule has 3 N–H and O–H groups in total. The number of carbonyl (C=O) groups is 1. The Morgan fingerprint density at radius 3 is 2.44 bits per heavy atom. The Labute approximate surface area is 147 Å². The lowest BCUT2D eigenvalue weighted by Crippen LogP contribution is -2.34. The van der Waals surface area contributed by atoms with Crippen LogP contribution in [-0.2, 0) is 4.74 Å². The zero-order valence-electron chi connectivity index (χ0n) is 15.2. The normalized spacial score (nSPS) is 11.1. The number of phenolic OH excluding ortho intramolecular Hbond substituents is 1. The van der Waals surface area contributed by atoms with Crippen molar-refractivity contribution in [2.75, 3.05) is 17.7 Å². The second-order valence-electron chi connectivity index (χ2n) is 6.81. The Hall–Kier alpha value is -2.89. The molecule has 6 nitrogen and oxygen atoms in total. The van der Waals surface area contributed by atoms with Crippen molar-refractivity contribution in [2.24, 2.45) is 0 Å². The fourth-order valence-electron chi connectivity index (χ4n) is 2.18. The Morgan fingerprint density at radius 1 is 1.16 bits per heavy atom. The van der Waals surface area contributed by atoms with Gasteiger partial charge in [0.15, 0.2) is 0 Å². The molecule has 0 radical (unpaired) electrons. The molecule has 0 bridgehead atoms. The monoisotopic (exact) mass is 344 g/mol.